The summed E-state index contributed by atoms with van der Waals surface area (Å²) < 4.78 is 28.4. The molecule has 3 aromatic carbocycles. The molecule has 11 heteroatoms. The summed E-state index contributed by atoms with van der Waals surface area (Å²) in [5.41, 5.74) is 1.72. The lowest BCUT2D eigenvalue weighted by Crippen LogP contribution is -2.18. The van der Waals surface area contributed by atoms with Gasteiger partial charge < -0.3 is 20.6 Å². The number of sulfonamides is 1. The van der Waals surface area contributed by atoms with E-state index in [2.05, 4.69) is 25.3 Å². The van der Waals surface area contributed by atoms with Crippen LogP contribution in [0.1, 0.15) is 23.2 Å². The Labute approximate surface area is 199 Å². The predicted molar refractivity (Wildman–Crippen MR) is 132 cm³/mol. The number of hydrogen-bond donors (Lipinski definition) is 5. The van der Waals surface area contributed by atoms with E-state index in [1.807, 2.05) is 0 Å². The lowest BCUT2D eigenvalue weighted by Gasteiger charge is -2.13. The molecule has 0 saturated heterocycles. The largest absolute Gasteiger partial charge is 0.326 e. The van der Waals surface area contributed by atoms with E-state index in [9.17, 15) is 22.8 Å². The second kappa shape index (κ2) is 8.76. The molecule has 1 heterocycles. The first kappa shape index (κ1) is 22.4. The van der Waals surface area contributed by atoms with Crippen LogP contribution in [0.2, 0.25) is 0 Å². The SMILES string of the molecule is O=C(Nc1ccc(NC(=O)C2CC2)cc1)c1ccccc1NS(=O)(=O)c1ccc2[nH]c(=O)[nH]c2c1. The summed E-state index contributed by atoms with van der Waals surface area (Å²) in [4.78, 5) is 41.3. The third-order valence-corrected chi connectivity index (χ3v) is 6.94. The first-order valence-corrected chi connectivity index (χ1v) is 12.3. The minimum absolute atomic E-state index is 0.00925. The highest BCUT2D eigenvalue weighted by molar-refractivity contribution is 7.92. The molecule has 1 aliphatic rings. The summed E-state index contributed by atoms with van der Waals surface area (Å²) in [5.74, 6) is -0.435. The van der Waals surface area contributed by atoms with Crippen LogP contribution in [0.3, 0.4) is 0 Å². The van der Waals surface area contributed by atoms with Crippen molar-refractivity contribution in [3.05, 3.63) is 82.8 Å². The number of fused-ring (bicyclic) bond motifs is 1. The summed E-state index contributed by atoms with van der Waals surface area (Å²) >= 11 is 0. The highest BCUT2D eigenvalue weighted by atomic mass is 32.2. The molecule has 0 spiro atoms. The lowest BCUT2D eigenvalue weighted by molar-refractivity contribution is -0.117. The molecule has 10 nitrogen and oxygen atoms in total. The third kappa shape index (κ3) is 4.94. The quantitative estimate of drug-likeness (QED) is 0.269. The predicted octanol–water partition coefficient (Wildman–Crippen LogP) is 3.26. The van der Waals surface area contributed by atoms with Gasteiger partial charge in [0.25, 0.3) is 15.9 Å². The minimum atomic E-state index is -4.05. The zero-order valence-corrected chi connectivity index (χ0v) is 19.1. The minimum Gasteiger partial charge on any atom is -0.326 e. The van der Waals surface area contributed by atoms with Gasteiger partial charge in [0, 0.05) is 17.3 Å². The Morgan fingerprint density at radius 1 is 0.829 bits per heavy atom. The number of hydrogen-bond acceptors (Lipinski definition) is 5. The van der Waals surface area contributed by atoms with Gasteiger partial charge in [0.05, 0.1) is 27.2 Å². The molecule has 0 aliphatic heterocycles. The summed E-state index contributed by atoms with van der Waals surface area (Å²) in [6.45, 7) is 0. The summed E-state index contributed by atoms with van der Waals surface area (Å²) in [7, 11) is -4.05. The average molecular weight is 492 g/mol. The Kier molecular flexibility index (Phi) is 5.61. The van der Waals surface area contributed by atoms with Crippen LogP contribution >= 0.6 is 0 Å². The molecule has 2 amide bonds. The van der Waals surface area contributed by atoms with E-state index in [1.54, 1.807) is 36.4 Å². The Morgan fingerprint density at radius 2 is 1.49 bits per heavy atom. The van der Waals surface area contributed by atoms with Crippen molar-refractivity contribution in [3.8, 4) is 0 Å². The van der Waals surface area contributed by atoms with Crippen LogP contribution < -0.4 is 21.0 Å². The van der Waals surface area contributed by atoms with Gasteiger partial charge in [-0.25, -0.2) is 13.2 Å². The van der Waals surface area contributed by atoms with Gasteiger partial charge in [-0.1, -0.05) is 12.1 Å². The van der Waals surface area contributed by atoms with E-state index in [0.29, 0.717) is 22.4 Å². The van der Waals surface area contributed by atoms with Gasteiger partial charge in [-0.05, 0) is 67.4 Å². The highest BCUT2D eigenvalue weighted by Gasteiger charge is 2.29. The third-order valence-electron chi connectivity index (χ3n) is 5.57. The summed E-state index contributed by atoms with van der Waals surface area (Å²) in [6, 6.07) is 17.1. The molecule has 0 bridgehead atoms. The van der Waals surface area contributed by atoms with Crippen LogP contribution in [0.25, 0.3) is 11.0 Å². The molecule has 1 fully saturated rings. The maximum Gasteiger partial charge on any atom is 0.323 e. The van der Waals surface area contributed by atoms with Crippen LogP contribution in [-0.4, -0.2) is 30.2 Å². The molecule has 1 aliphatic carbocycles. The smallest absolute Gasteiger partial charge is 0.323 e. The summed E-state index contributed by atoms with van der Waals surface area (Å²) in [5, 5.41) is 5.57. The average Bonchev–Trinajstić information content (AvgIpc) is 3.61. The van der Waals surface area contributed by atoms with E-state index in [0.717, 1.165) is 12.8 Å². The normalized spacial score (nSPS) is 13.4. The number of amides is 2. The van der Waals surface area contributed by atoms with Crippen molar-refractivity contribution in [1.82, 2.24) is 9.97 Å². The highest BCUT2D eigenvalue weighted by Crippen LogP contribution is 2.30. The number of H-pyrrole nitrogens is 2. The zero-order chi connectivity index (χ0) is 24.6. The number of carbonyl (C=O) groups excluding carboxylic acids is 2. The molecular formula is C24H21N5O5S. The lowest BCUT2D eigenvalue weighted by atomic mass is 10.1. The Bertz CT molecular complexity index is 1600. The fourth-order valence-electron chi connectivity index (χ4n) is 3.58. The van der Waals surface area contributed by atoms with Crippen LogP contribution in [0.4, 0.5) is 17.1 Å². The number of rotatable bonds is 7. The van der Waals surface area contributed by atoms with Crippen LogP contribution in [0.5, 0.6) is 0 Å². The first-order valence-electron chi connectivity index (χ1n) is 10.8. The number of aromatic amines is 2. The number of nitrogens with one attached hydrogen (secondary N) is 5. The molecule has 35 heavy (non-hydrogen) atoms. The number of carbonyl (C=O) groups is 2. The molecule has 0 radical (unpaired) electrons. The van der Waals surface area contributed by atoms with Crippen molar-refractivity contribution in [3.63, 3.8) is 0 Å². The van der Waals surface area contributed by atoms with Crippen molar-refractivity contribution < 1.29 is 18.0 Å². The second-order valence-corrected chi connectivity index (χ2v) is 9.91. The van der Waals surface area contributed by atoms with Gasteiger partial charge in [-0.3, -0.25) is 14.3 Å². The van der Waals surface area contributed by atoms with E-state index >= 15 is 0 Å². The fraction of sp³-hybridized carbons (Fsp3) is 0.125. The van der Waals surface area contributed by atoms with E-state index in [1.165, 1.54) is 30.3 Å². The second-order valence-electron chi connectivity index (χ2n) is 8.23. The number of benzene rings is 3. The molecule has 1 saturated carbocycles. The van der Waals surface area contributed by atoms with Crippen molar-refractivity contribution in [2.75, 3.05) is 15.4 Å². The van der Waals surface area contributed by atoms with Gasteiger partial charge in [-0.15, -0.1) is 0 Å². The molecule has 1 aromatic heterocycles. The van der Waals surface area contributed by atoms with Crippen molar-refractivity contribution in [2.45, 2.75) is 17.7 Å². The summed E-state index contributed by atoms with van der Waals surface area (Å²) in [6.07, 6.45) is 1.81. The van der Waals surface area contributed by atoms with Gasteiger partial charge >= 0.3 is 5.69 Å². The van der Waals surface area contributed by atoms with Crippen LogP contribution in [-0.2, 0) is 14.8 Å². The molecule has 0 unspecified atom stereocenters. The first-order chi connectivity index (χ1) is 16.8. The topological polar surface area (TPSA) is 153 Å². The Hall–Kier alpha value is -4.38. The molecule has 5 N–H and O–H groups in total. The van der Waals surface area contributed by atoms with Crippen LogP contribution in [0, 0.1) is 5.92 Å². The van der Waals surface area contributed by atoms with Crippen molar-refractivity contribution in [1.29, 1.82) is 0 Å². The zero-order valence-electron chi connectivity index (χ0n) is 18.3. The number of imidazole rings is 1. The van der Waals surface area contributed by atoms with E-state index in [-0.39, 0.29) is 28.0 Å². The van der Waals surface area contributed by atoms with E-state index in [4.69, 9.17) is 0 Å². The van der Waals surface area contributed by atoms with Gasteiger partial charge in [0.2, 0.25) is 5.91 Å². The monoisotopic (exact) mass is 491 g/mol. The van der Waals surface area contributed by atoms with Crippen molar-refractivity contribution in [2.24, 2.45) is 5.92 Å². The maximum absolute atomic E-state index is 13.0. The molecule has 178 valence electrons. The number of aromatic nitrogens is 2. The molecule has 5 rings (SSSR count). The van der Waals surface area contributed by atoms with Gasteiger partial charge in [-0.2, -0.15) is 0 Å². The fourth-order valence-corrected chi connectivity index (χ4v) is 4.68. The Morgan fingerprint density at radius 3 is 2.20 bits per heavy atom. The van der Waals surface area contributed by atoms with E-state index < -0.39 is 21.6 Å². The van der Waals surface area contributed by atoms with Gasteiger partial charge in [0.15, 0.2) is 0 Å². The maximum atomic E-state index is 13.0. The molecule has 4 aromatic rings. The Balaban J connectivity index is 1.32. The molecule has 0 atom stereocenters. The number of anilines is 3. The molecular weight excluding hydrogens is 470 g/mol. The van der Waals surface area contributed by atoms with Gasteiger partial charge in [0.1, 0.15) is 0 Å². The van der Waals surface area contributed by atoms with Crippen LogP contribution in [0.15, 0.2) is 76.4 Å². The number of para-hydroxylation sites is 1. The standard InChI is InChI=1S/C24H21N5O5S/c30-22(14-5-6-14)25-15-7-9-16(10-8-15)26-23(31)18-3-1-2-4-19(18)29-35(33,34)17-11-12-20-21(13-17)28-24(32)27-20/h1-4,7-14,29H,5-6H2,(H,25,30)(H,26,31)(H2,27,28,32). The van der Waals surface area contributed by atoms with Crippen molar-refractivity contribution >= 4 is 49.9 Å².